The van der Waals surface area contributed by atoms with E-state index in [1.807, 2.05) is 24.3 Å². The van der Waals surface area contributed by atoms with Crippen LogP contribution in [0.5, 0.6) is 0 Å². The highest BCUT2D eigenvalue weighted by molar-refractivity contribution is 7.99. The Bertz CT molecular complexity index is 1760. The average Bonchev–Trinajstić information content (AvgIpc) is 3.05. The van der Waals surface area contributed by atoms with E-state index >= 15 is 0 Å². The SMILES string of the molecule is Cc1ccccc1C(=S)c1ccc(-c2ccc(Sc3ccc(-c4ccc(C(=S)c5ccccc5C)cc4)cc3)cc2)cc1. The van der Waals surface area contributed by atoms with Crippen molar-refractivity contribution in [2.45, 2.75) is 23.6 Å². The molecule has 0 aliphatic carbocycles. The Morgan fingerprint density at radius 2 is 0.698 bits per heavy atom. The molecule has 6 aromatic rings. The summed E-state index contributed by atoms with van der Waals surface area (Å²) in [6, 6.07) is 51.2. The Morgan fingerprint density at radius 1 is 0.395 bits per heavy atom. The van der Waals surface area contributed by atoms with E-state index in [1.165, 1.54) is 43.2 Å². The fourth-order valence-corrected chi connectivity index (χ4v) is 6.71. The van der Waals surface area contributed by atoms with Gasteiger partial charge in [-0.05, 0) is 93.7 Å². The van der Waals surface area contributed by atoms with Crippen LogP contribution >= 0.6 is 36.2 Å². The van der Waals surface area contributed by atoms with Crippen molar-refractivity contribution >= 4 is 45.9 Å². The van der Waals surface area contributed by atoms with Crippen LogP contribution in [0.15, 0.2) is 155 Å². The first kappa shape index (κ1) is 28.9. The molecule has 0 fully saturated rings. The molecule has 0 nitrogen and oxygen atoms in total. The van der Waals surface area contributed by atoms with Crippen LogP contribution in [0, 0.1) is 13.8 Å². The molecule has 208 valence electrons. The third-order valence-corrected chi connectivity index (χ3v) is 9.61. The zero-order valence-corrected chi connectivity index (χ0v) is 26.5. The maximum atomic E-state index is 5.78. The normalized spacial score (nSPS) is 10.8. The van der Waals surface area contributed by atoms with Crippen molar-refractivity contribution in [1.29, 1.82) is 0 Å². The zero-order valence-electron chi connectivity index (χ0n) is 24.1. The molecule has 0 bridgehead atoms. The summed E-state index contributed by atoms with van der Waals surface area (Å²) in [5, 5.41) is 0. The maximum Gasteiger partial charge on any atom is 0.0524 e. The molecular weight excluding hydrogens is 577 g/mol. The molecule has 0 spiro atoms. The molecule has 0 saturated heterocycles. The van der Waals surface area contributed by atoms with Gasteiger partial charge in [-0.25, -0.2) is 0 Å². The molecule has 0 heterocycles. The van der Waals surface area contributed by atoms with E-state index in [9.17, 15) is 0 Å². The fraction of sp³-hybridized carbons (Fsp3) is 0.0500. The van der Waals surface area contributed by atoms with Crippen LogP contribution in [0.25, 0.3) is 22.3 Å². The van der Waals surface area contributed by atoms with Gasteiger partial charge < -0.3 is 0 Å². The molecular formula is C40H30S3. The van der Waals surface area contributed by atoms with Crippen molar-refractivity contribution in [3.05, 3.63) is 179 Å². The van der Waals surface area contributed by atoms with Crippen LogP contribution < -0.4 is 0 Å². The summed E-state index contributed by atoms with van der Waals surface area (Å²) < 4.78 is 0. The molecule has 0 amide bonds. The van der Waals surface area contributed by atoms with Crippen LogP contribution in [0.3, 0.4) is 0 Å². The standard InChI is InChI=1S/C40H30S3/c1-27-7-3-5-9-37(27)39(41)33-15-11-29(12-16-33)31-19-23-35(24-20-31)43-36-25-21-32(22-26-36)30-13-17-34(18-14-30)40(42)38-10-6-4-8-28(38)2/h3-26H,1-2H3. The largest absolute Gasteiger partial charge is 0.0901 e. The Hall–Kier alpha value is -4.15. The lowest BCUT2D eigenvalue weighted by molar-refractivity contribution is 1.40. The van der Waals surface area contributed by atoms with Gasteiger partial charge in [0.1, 0.15) is 0 Å². The summed E-state index contributed by atoms with van der Waals surface area (Å²) in [5.41, 5.74) is 11.5. The van der Waals surface area contributed by atoms with Crippen molar-refractivity contribution in [2.75, 3.05) is 0 Å². The molecule has 0 aromatic heterocycles. The molecule has 0 radical (unpaired) electrons. The zero-order chi connectivity index (χ0) is 29.8. The summed E-state index contributed by atoms with van der Waals surface area (Å²) in [6.07, 6.45) is 0. The van der Waals surface area contributed by atoms with Crippen molar-refractivity contribution in [2.24, 2.45) is 0 Å². The monoisotopic (exact) mass is 606 g/mol. The van der Waals surface area contributed by atoms with Crippen molar-refractivity contribution in [3.8, 4) is 22.3 Å². The highest BCUT2D eigenvalue weighted by atomic mass is 32.2. The quantitative estimate of drug-likeness (QED) is 0.125. The van der Waals surface area contributed by atoms with Crippen molar-refractivity contribution in [1.82, 2.24) is 0 Å². The summed E-state index contributed by atoms with van der Waals surface area (Å²) in [7, 11) is 0. The predicted octanol–water partition coefficient (Wildman–Crippen LogP) is 11.3. The second kappa shape index (κ2) is 13.0. The van der Waals surface area contributed by atoms with Gasteiger partial charge in [0.2, 0.25) is 0 Å². The van der Waals surface area contributed by atoms with Crippen LogP contribution in [-0.2, 0) is 0 Å². The Labute approximate surface area is 269 Å². The van der Waals surface area contributed by atoms with Gasteiger partial charge in [-0.1, -0.05) is 158 Å². The van der Waals surface area contributed by atoms with E-state index in [0.29, 0.717) is 0 Å². The Balaban J connectivity index is 1.09. The minimum atomic E-state index is 0.890. The number of hydrogen-bond acceptors (Lipinski definition) is 3. The first-order valence-electron chi connectivity index (χ1n) is 14.3. The highest BCUT2D eigenvalue weighted by Gasteiger charge is 2.09. The second-order valence-electron chi connectivity index (χ2n) is 10.6. The van der Waals surface area contributed by atoms with Crippen LogP contribution in [-0.4, -0.2) is 9.73 Å². The number of hydrogen-bond donors (Lipinski definition) is 0. The number of benzene rings is 6. The highest BCUT2D eigenvalue weighted by Crippen LogP contribution is 2.32. The lowest BCUT2D eigenvalue weighted by Gasteiger charge is -2.10. The number of thiocarbonyl (C=S) groups is 2. The third kappa shape index (κ3) is 6.60. The Morgan fingerprint density at radius 3 is 1.02 bits per heavy atom. The number of aryl methyl sites for hydroxylation is 2. The number of rotatable bonds is 8. The summed E-state index contributed by atoms with van der Waals surface area (Å²) in [5.74, 6) is 0. The van der Waals surface area contributed by atoms with Gasteiger partial charge in [0.15, 0.2) is 0 Å². The lowest BCUT2D eigenvalue weighted by atomic mass is 9.98. The van der Waals surface area contributed by atoms with Crippen molar-refractivity contribution < 1.29 is 0 Å². The molecule has 6 rings (SSSR count). The Kier molecular flexibility index (Phi) is 8.76. The van der Waals surface area contributed by atoms with Crippen LogP contribution in [0.1, 0.15) is 33.4 Å². The van der Waals surface area contributed by atoms with Gasteiger partial charge in [-0.15, -0.1) is 0 Å². The molecule has 0 unspecified atom stereocenters. The van der Waals surface area contributed by atoms with Crippen molar-refractivity contribution in [3.63, 3.8) is 0 Å². The van der Waals surface area contributed by atoms with Gasteiger partial charge in [0.05, 0.1) is 9.73 Å². The minimum absolute atomic E-state index is 0.890. The van der Waals surface area contributed by atoms with E-state index < -0.39 is 0 Å². The molecule has 3 heteroatoms. The second-order valence-corrected chi connectivity index (χ2v) is 12.6. The lowest BCUT2D eigenvalue weighted by Crippen LogP contribution is -2.01. The van der Waals surface area contributed by atoms with Gasteiger partial charge >= 0.3 is 0 Å². The minimum Gasteiger partial charge on any atom is -0.0901 e. The first-order valence-corrected chi connectivity index (χ1v) is 15.9. The van der Waals surface area contributed by atoms with Gasteiger partial charge in [-0.3, -0.25) is 0 Å². The molecule has 0 N–H and O–H groups in total. The predicted molar refractivity (Wildman–Crippen MR) is 192 cm³/mol. The molecule has 0 aliphatic heterocycles. The van der Waals surface area contributed by atoms with E-state index in [4.69, 9.17) is 24.4 Å². The van der Waals surface area contributed by atoms with E-state index in [-0.39, 0.29) is 0 Å². The molecule has 0 saturated carbocycles. The third-order valence-electron chi connectivity index (χ3n) is 7.68. The summed E-state index contributed by atoms with van der Waals surface area (Å²) >= 11 is 13.3. The smallest absolute Gasteiger partial charge is 0.0524 e. The summed E-state index contributed by atoms with van der Waals surface area (Å²) in [4.78, 5) is 4.20. The first-order chi connectivity index (χ1) is 21.0. The van der Waals surface area contributed by atoms with Crippen LogP contribution in [0.4, 0.5) is 0 Å². The van der Waals surface area contributed by atoms with Gasteiger partial charge in [-0.2, -0.15) is 0 Å². The van der Waals surface area contributed by atoms with Crippen LogP contribution in [0.2, 0.25) is 0 Å². The maximum absolute atomic E-state index is 5.78. The van der Waals surface area contributed by atoms with E-state index in [2.05, 4.69) is 135 Å². The van der Waals surface area contributed by atoms with E-state index in [1.54, 1.807) is 11.8 Å². The summed E-state index contributed by atoms with van der Waals surface area (Å²) in [6.45, 7) is 4.21. The van der Waals surface area contributed by atoms with E-state index in [0.717, 1.165) is 32.0 Å². The fourth-order valence-electron chi connectivity index (χ4n) is 5.16. The molecule has 0 atom stereocenters. The average molecular weight is 607 g/mol. The van der Waals surface area contributed by atoms with Gasteiger partial charge in [0, 0.05) is 9.79 Å². The molecule has 0 aliphatic rings. The topological polar surface area (TPSA) is 0 Å². The molecule has 43 heavy (non-hydrogen) atoms. The van der Waals surface area contributed by atoms with Gasteiger partial charge in [0.25, 0.3) is 0 Å². The molecule has 6 aromatic carbocycles.